The number of amides is 2. The number of rotatable bonds is 9. The van der Waals surface area contributed by atoms with Crippen molar-refractivity contribution in [3.63, 3.8) is 0 Å². The molecule has 2 aliphatic rings. The van der Waals surface area contributed by atoms with Crippen LogP contribution in [0.25, 0.3) is 0 Å². The number of thiazole rings is 1. The van der Waals surface area contributed by atoms with Gasteiger partial charge in [-0.2, -0.15) is 0 Å². The van der Waals surface area contributed by atoms with E-state index >= 15 is 0 Å². The number of aliphatic carboxylic acids is 1. The van der Waals surface area contributed by atoms with E-state index in [4.69, 9.17) is 5.73 Å². The minimum atomic E-state index is -3.89. The third kappa shape index (κ3) is 6.34. The van der Waals surface area contributed by atoms with Crippen molar-refractivity contribution in [2.45, 2.75) is 17.8 Å². The summed E-state index contributed by atoms with van der Waals surface area (Å²) in [6.07, 6.45) is -0.404. The number of β-lactam (4-membered cyclic amide) rings is 1. The molecule has 0 radical (unpaired) electrons. The molecule has 0 bridgehead atoms. The number of nitrogens with two attached hydrogens (primary N) is 1. The molecule has 2 aliphatic heterocycles. The number of carbonyl (C=O) groups excluding carboxylic acids is 4. The first-order chi connectivity index (χ1) is 16.0. The summed E-state index contributed by atoms with van der Waals surface area (Å²) in [4.78, 5) is 52.9. The van der Waals surface area contributed by atoms with Crippen LogP contribution in [0.1, 0.15) is 12.1 Å². The Morgan fingerprint density at radius 1 is 1.43 bits per heavy atom. The molecule has 1 aromatic heterocycles. The van der Waals surface area contributed by atoms with E-state index in [9.17, 15) is 37.9 Å². The zero-order valence-corrected chi connectivity index (χ0v) is 22.9. The molecule has 0 saturated carbocycles. The normalized spacial score (nSPS) is 19.9. The molecule has 1 unspecified atom stereocenters. The molecule has 1 aromatic rings. The zero-order chi connectivity index (χ0) is 25.2. The molecule has 1 fully saturated rings. The maximum absolute atomic E-state index is 12.7. The maximum Gasteiger partial charge on any atom is 1.00 e. The van der Waals surface area contributed by atoms with E-state index in [1.165, 1.54) is 5.38 Å². The van der Waals surface area contributed by atoms with Crippen molar-refractivity contribution >= 4 is 67.5 Å². The number of anilines is 1. The van der Waals surface area contributed by atoms with Gasteiger partial charge in [-0.15, -0.1) is 23.1 Å². The summed E-state index contributed by atoms with van der Waals surface area (Å²) >= 11 is 2.03. The van der Waals surface area contributed by atoms with Crippen molar-refractivity contribution in [1.82, 2.24) is 15.2 Å². The summed E-state index contributed by atoms with van der Waals surface area (Å²) in [5.74, 6) is -5.58. The Balaban J connectivity index is 0.00000432. The third-order valence-electron chi connectivity index (χ3n) is 4.85. The van der Waals surface area contributed by atoms with Gasteiger partial charge in [0, 0.05) is 11.1 Å². The number of fused-ring (bicyclic) bond motifs is 1. The zero-order valence-electron chi connectivity index (χ0n) is 18.4. The number of hydrogen-bond donors (Lipinski definition) is 3. The Kier molecular flexibility index (Phi) is 9.71. The Bertz CT molecular complexity index is 1210. The van der Waals surface area contributed by atoms with Crippen LogP contribution in [0.3, 0.4) is 0 Å². The number of methoxy groups -OCH3 is 1. The van der Waals surface area contributed by atoms with Crippen molar-refractivity contribution in [2.24, 2.45) is 5.16 Å². The van der Waals surface area contributed by atoms with Gasteiger partial charge in [-0.25, -0.2) is 13.4 Å². The Hall–Kier alpha value is -2.18. The largest absolute Gasteiger partial charge is 1.00 e. The number of hydrogen-bond acceptors (Lipinski definition) is 14. The number of ether oxygens (including phenoxy) is 1. The predicted molar refractivity (Wildman–Crippen MR) is 117 cm³/mol. The first kappa shape index (κ1) is 29.1. The number of aromatic nitrogens is 1. The molecular formula is C17H18N5NaO9S3. The summed E-state index contributed by atoms with van der Waals surface area (Å²) in [6.45, 7) is 0. The average molecular weight is 556 g/mol. The molecule has 0 spiro atoms. The standard InChI is InChI=1S/C17H19N5O9S3.Na/c1-31-9(23)2-3-34(29,30)6-7-4-32-15-11(14(25)22(15)12(7)16(26)27)20-13(24)10(21-28)8-5-33-17(18)19-8;/h5,11,15,28H,2-4,6H2,1H3,(H2,18,19)(H,20,24)(H,26,27);/q;+1/p-1/b21-10-;/t11?,15-;/m1./s1. The number of nitrogens with one attached hydrogen (secondary N) is 1. The van der Waals surface area contributed by atoms with E-state index in [1.54, 1.807) is 0 Å². The molecule has 184 valence electrons. The molecule has 0 aromatic carbocycles. The molecule has 35 heavy (non-hydrogen) atoms. The smallest absolute Gasteiger partial charge is 0.543 e. The van der Waals surface area contributed by atoms with Crippen LogP contribution in [0.4, 0.5) is 5.13 Å². The molecule has 18 heteroatoms. The van der Waals surface area contributed by atoms with E-state index in [1.807, 2.05) is 0 Å². The topological polar surface area (TPSA) is 221 Å². The van der Waals surface area contributed by atoms with Crippen LogP contribution in [0.5, 0.6) is 0 Å². The van der Waals surface area contributed by atoms with E-state index in [-0.39, 0.29) is 51.7 Å². The van der Waals surface area contributed by atoms with Gasteiger partial charge in [0.15, 0.2) is 20.7 Å². The van der Waals surface area contributed by atoms with Crippen molar-refractivity contribution in [1.29, 1.82) is 0 Å². The van der Waals surface area contributed by atoms with Gasteiger partial charge in [-0.3, -0.25) is 19.3 Å². The fourth-order valence-electron chi connectivity index (χ4n) is 3.28. The minimum Gasteiger partial charge on any atom is -0.543 e. The van der Waals surface area contributed by atoms with Crippen molar-refractivity contribution in [3.05, 3.63) is 22.3 Å². The van der Waals surface area contributed by atoms with Gasteiger partial charge in [-0.05, 0) is 5.57 Å². The van der Waals surface area contributed by atoms with Gasteiger partial charge < -0.3 is 30.9 Å². The van der Waals surface area contributed by atoms with E-state index in [2.05, 4.69) is 20.2 Å². The second-order valence-corrected chi connectivity index (χ2v) is 11.2. The number of thioether (sulfide) groups is 1. The Morgan fingerprint density at radius 3 is 2.66 bits per heavy atom. The Morgan fingerprint density at radius 2 is 2.11 bits per heavy atom. The van der Waals surface area contributed by atoms with Crippen LogP contribution in [0, 0.1) is 0 Å². The summed E-state index contributed by atoms with van der Waals surface area (Å²) in [7, 11) is -2.79. The monoisotopic (exact) mass is 555 g/mol. The molecule has 0 aliphatic carbocycles. The molecule has 1 saturated heterocycles. The molecule has 2 amide bonds. The number of nitrogen functional groups attached to an aromatic ring is 1. The first-order valence-corrected chi connectivity index (χ1v) is 13.1. The average Bonchev–Trinajstić information content (AvgIpc) is 3.21. The third-order valence-corrected chi connectivity index (χ3v) is 8.47. The maximum atomic E-state index is 12.7. The fraction of sp³-hybridized carbons (Fsp3) is 0.412. The fourth-order valence-corrected chi connectivity index (χ4v) is 6.69. The van der Waals surface area contributed by atoms with Gasteiger partial charge in [0.05, 0.1) is 36.7 Å². The quantitative estimate of drug-likeness (QED) is 0.0648. The summed E-state index contributed by atoms with van der Waals surface area (Å²) < 4.78 is 29.1. The van der Waals surface area contributed by atoms with Gasteiger partial charge in [0.2, 0.25) is 0 Å². The molecule has 2 atom stereocenters. The van der Waals surface area contributed by atoms with Gasteiger partial charge >= 0.3 is 35.5 Å². The predicted octanol–water partition coefficient (Wildman–Crippen LogP) is -5.71. The van der Waals surface area contributed by atoms with Crippen LogP contribution < -0.4 is 45.7 Å². The first-order valence-electron chi connectivity index (χ1n) is 9.38. The SMILES string of the molecule is COC(=O)CCS(=O)(=O)CC1=C(C(=O)[O-])N2C(=O)C(NC(=O)/C(=N\O)c3csc(N)n3)[C@H]2SC1.[Na+]. The van der Waals surface area contributed by atoms with E-state index in [0.717, 1.165) is 35.1 Å². The number of oxime groups is 1. The van der Waals surface area contributed by atoms with Crippen LogP contribution in [0.15, 0.2) is 21.8 Å². The minimum absolute atomic E-state index is 0. The van der Waals surface area contributed by atoms with E-state index < -0.39 is 74.3 Å². The Labute approximate surface area is 229 Å². The number of nitrogens with zero attached hydrogens (tertiary/aromatic N) is 3. The van der Waals surface area contributed by atoms with Crippen molar-refractivity contribution < 1.29 is 72.2 Å². The number of esters is 1. The second-order valence-electron chi connectivity index (χ2n) is 7.04. The molecule has 14 nitrogen and oxygen atoms in total. The van der Waals surface area contributed by atoms with Gasteiger partial charge in [0.25, 0.3) is 11.8 Å². The summed E-state index contributed by atoms with van der Waals surface area (Å²) in [6, 6.07) is -1.17. The second kappa shape index (κ2) is 11.7. The summed E-state index contributed by atoms with van der Waals surface area (Å²) in [5.41, 5.74) is 4.33. The van der Waals surface area contributed by atoms with Crippen LogP contribution in [0.2, 0.25) is 0 Å². The van der Waals surface area contributed by atoms with Crippen molar-refractivity contribution in [3.8, 4) is 0 Å². The van der Waals surface area contributed by atoms with Crippen LogP contribution in [-0.4, -0.2) is 88.8 Å². The molecule has 3 rings (SSSR count). The number of sulfone groups is 1. The van der Waals surface area contributed by atoms with Crippen LogP contribution in [-0.2, 0) is 33.8 Å². The molecule has 4 N–H and O–H groups in total. The number of carbonyl (C=O) groups is 4. The molecule has 3 heterocycles. The molecular weight excluding hydrogens is 537 g/mol. The van der Waals surface area contributed by atoms with Gasteiger partial charge in [-0.1, -0.05) is 5.16 Å². The van der Waals surface area contributed by atoms with E-state index in [0.29, 0.717) is 0 Å². The van der Waals surface area contributed by atoms with Gasteiger partial charge in [0.1, 0.15) is 17.1 Å². The van der Waals surface area contributed by atoms with Crippen LogP contribution >= 0.6 is 23.1 Å². The number of carboxylic acids is 1. The number of carboxylic acid groups (broad SMARTS) is 1. The van der Waals surface area contributed by atoms with Crippen molar-refractivity contribution in [2.75, 3.05) is 30.1 Å². The summed E-state index contributed by atoms with van der Waals surface area (Å²) in [5, 5.41) is 26.8.